The van der Waals surface area contributed by atoms with E-state index in [-0.39, 0.29) is 18.8 Å². The molecular weight excluding hydrogens is 476 g/mol. The summed E-state index contributed by atoms with van der Waals surface area (Å²) in [5.41, 5.74) is 7.23. The van der Waals surface area contributed by atoms with Gasteiger partial charge in [-0.3, -0.25) is 14.4 Å². The van der Waals surface area contributed by atoms with E-state index in [9.17, 15) is 29.4 Å². The van der Waals surface area contributed by atoms with Gasteiger partial charge in [-0.05, 0) is 24.0 Å². The summed E-state index contributed by atoms with van der Waals surface area (Å²) in [5, 5.41) is 27.1. The van der Waals surface area contributed by atoms with E-state index in [1.54, 1.807) is 68.4 Å². The van der Waals surface area contributed by atoms with E-state index in [0.717, 1.165) is 11.1 Å². The van der Waals surface area contributed by atoms with E-state index in [1.807, 2.05) is 6.07 Å². The van der Waals surface area contributed by atoms with Crippen molar-refractivity contribution >= 4 is 23.7 Å². The van der Waals surface area contributed by atoms with E-state index in [1.165, 1.54) is 6.92 Å². The van der Waals surface area contributed by atoms with Crippen molar-refractivity contribution in [1.29, 1.82) is 0 Å². The molecule has 0 aliphatic rings. The molecular formula is C27H36N4O6. The monoisotopic (exact) mass is 512 g/mol. The van der Waals surface area contributed by atoms with Crippen molar-refractivity contribution in [2.75, 3.05) is 0 Å². The summed E-state index contributed by atoms with van der Waals surface area (Å²) in [6, 6.07) is 13.2. The van der Waals surface area contributed by atoms with Gasteiger partial charge in [-0.15, -0.1) is 0 Å². The summed E-state index contributed by atoms with van der Waals surface area (Å²) < 4.78 is 0. The van der Waals surface area contributed by atoms with Crippen LogP contribution in [0.15, 0.2) is 60.7 Å². The lowest BCUT2D eigenvalue weighted by Gasteiger charge is -2.27. The largest absolute Gasteiger partial charge is 0.480 e. The van der Waals surface area contributed by atoms with Crippen LogP contribution in [0.1, 0.15) is 31.9 Å². The molecule has 10 nitrogen and oxygen atoms in total. The molecule has 0 aliphatic heterocycles. The van der Waals surface area contributed by atoms with Gasteiger partial charge in [0.05, 0.1) is 6.10 Å². The molecule has 7 N–H and O–H groups in total. The summed E-state index contributed by atoms with van der Waals surface area (Å²) in [4.78, 5) is 50.7. The van der Waals surface area contributed by atoms with E-state index in [2.05, 4.69) is 16.0 Å². The molecule has 3 amide bonds. The molecule has 10 heteroatoms. The van der Waals surface area contributed by atoms with Gasteiger partial charge in [0.1, 0.15) is 24.2 Å². The number of rotatable bonds is 13. The Morgan fingerprint density at radius 2 is 1.19 bits per heavy atom. The van der Waals surface area contributed by atoms with E-state index in [4.69, 9.17) is 5.73 Å². The van der Waals surface area contributed by atoms with Gasteiger partial charge in [-0.25, -0.2) is 4.79 Å². The second-order valence-corrected chi connectivity index (χ2v) is 9.34. The molecule has 5 unspecified atom stereocenters. The van der Waals surface area contributed by atoms with Crippen LogP contribution in [0.4, 0.5) is 0 Å². The van der Waals surface area contributed by atoms with Crippen LogP contribution in [0.2, 0.25) is 0 Å². The first-order chi connectivity index (χ1) is 17.5. The Morgan fingerprint density at radius 3 is 1.62 bits per heavy atom. The van der Waals surface area contributed by atoms with Crippen molar-refractivity contribution in [1.82, 2.24) is 16.0 Å². The Labute approximate surface area is 216 Å². The number of nitrogens with two attached hydrogens (primary N) is 1. The van der Waals surface area contributed by atoms with Crippen LogP contribution in [0.3, 0.4) is 0 Å². The second kappa shape index (κ2) is 14.1. The minimum absolute atomic E-state index is 0.0740. The molecule has 0 saturated heterocycles. The van der Waals surface area contributed by atoms with Gasteiger partial charge in [-0.1, -0.05) is 74.5 Å². The molecule has 0 spiro atoms. The van der Waals surface area contributed by atoms with Crippen LogP contribution in [0.5, 0.6) is 0 Å². The van der Waals surface area contributed by atoms with Crippen molar-refractivity contribution in [3.05, 3.63) is 71.8 Å². The van der Waals surface area contributed by atoms with Crippen LogP contribution < -0.4 is 21.7 Å². The van der Waals surface area contributed by atoms with Crippen molar-refractivity contribution in [2.24, 2.45) is 11.7 Å². The number of carbonyl (C=O) groups is 4. The predicted molar refractivity (Wildman–Crippen MR) is 138 cm³/mol. The summed E-state index contributed by atoms with van der Waals surface area (Å²) in [5.74, 6) is -3.60. The number of amides is 3. The second-order valence-electron chi connectivity index (χ2n) is 9.34. The fourth-order valence-electron chi connectivity index (χ4n) is 3.65. The normalized spacial score (nSPS) is 15.1. The minimum atomic E-state index is -1.25. The SMILES string of the molecule is CC(C)C(NC(=O)C(Cc1ccccc1)NC(=O)C(N)C(C)O)C(=O)NC(Cc1ccccc1)C(=O)O. The standard InChI is InChI=1S/C27H36N4O6/c1-16(2)23(26(35)30-21(27(36)37)15-19-12-8-5-9-13-19)31-24(33)20(14-18-10-6-4-7-11-18)29-25(34)22(28)17(3)32/h4-13,16-17,20-23,32H,14-15,28H2,1-3H3,(H,29,34)(H,30,35)(H,31,33)(H,36,37). The summed E-state index contributed by atoms with van der Waals surface area (Å²) in [6.07, 6.45) is -0.944. The molecule has 200 valence electrons. The van der Waals surface area contributed by atoms with Gasteiger partial charge in [0.2, 0.25) is 17.7 Å². The van der Waals surface area contributed by atoms with Gasteiger partial charge in [0, 0.05) is 12.8 Å². The van der Waals surface area contributed by atoms with Crippen LogP contribution in [0.25, 0.3) is 0 Å². The molecule has 0 aromatic heterocycles. The third kappa shape index (κ3) is 9.32. The third-order valence-corrected chi connectivity index (χ3v) is 5.88. The van der Waals surface area contributed by atoms with Crippen LogP contribution in [0, 0.1) is 5.92 Å². The molecule has 5 atom stereocenters. The number of carbonyl (C=O) groups excluding carboxylic acids is 3. The van der Waals surface area contributed by atoms with E-state index >= 15 is 0 Å². The first kappa shape index (κ1) is 29.5. The fraction of sp³-hybridized carbons (Fsp3) is 0.407. The highest BCUT2D eigenvalue weighted by atomic mass is 16.4. The van der Waals surface area contributed by atoms with Gasteiger partial charge in [-0.2, -0.15) is 0 Å². The molecule has 0 saturated carbocycles. The molecule has 0 aliphatic carbocycles. The number of carboxylic acid groups (broad SMARTS) is 1. The molecule has 2 aromatic carbocycles. The first-order valence-corrected chi connectivity index (χ1v) is 12.1. The van der Waals surface area contributed by atoms with Gasteiger partial charge in [0.15, 0.2) is 0 Å². The Morgan fingerprint density at radius 1 is 0.730 bits per heavy atom. The lowest BCUT2D eigenvalue weighted by molar-refractivity contribution is -0.142. The fourth-order valence-corrected chi connectivity index (χ4v) is 3.65. The maximum Gasteiger partial charge on any atom is 0.326 e. The highest BCUT2D eigenvalue weighted by Gasteiger charge is 2.32. The number of hydrogen-bond acceptors (Lipinski definition) is 6. The first-order valence-electron chi connectivity index (χ1n) is 12.1. The van der Waals surface area contributed by atoms with E-state index in [0.29, 0.717) is 0 Å². The maximum atomic E-state index is 13.3. The van der Waals surface area contributed by atoms with Crippen LogP contribution in [-0.4, -0.2) is 64.2 Å². The maximum absolute atomic E-state index is 13.3. The highest BCUT2D eigenvalue weighted by molar-refractivity contribution is 5.94. The Bertz CT molecular complexity index is 1050. The Balaban J connectivity index is 2.19. The number of nitrogens with one attached hydrogen (secondary N) is 3. The minimum Gasteiger partial charge on any atom is -0.480 e. The predicted octanol–water partition coefficient (Wildman–Crippen LogP) is 0.375. The van der Waals surface area contributed by atoms with E-state index < -0.39 is 54.0 Å². The van der Waals surface area contributed by atoms with Crippen LogP contribution >= 0.6 is 0 Å². The number of benzene rings is 2. The molecule has 2 aromatic rings. The average molecular weight is 513 g/mol. The highest BCUT2D eigenvalue weighted by Crippen LogP contribution is 2.09. The van der Waals surface area contributed by atoms with Crippen molar-refractivity contribution < 1.29 is 29.4 Å². The number of aliphatic hydroxyl groups is 1. The van der Waals surface area contributed by atoms with Crippen LogP contribution in [-0.2, 0) is 32.0 Å². The number of aliphatic hydroxyl groups excluding tert-OH is 1. The average Bonchev–Trinajstić information content (AvgIpc) is 2.86. The summed E-state index contributed by atoms with van der Waals surface area (Å²) in [6.45, 7) is 4.79. The lowest BCUT2D eigenvalue weighted by Crippen LogP contribution is -2.59. The molecule has 0 fully saturated rings. The lowest BCUT2D eigenvalue weighted by atomic mass is 9.99. The molecule has 0 radical (unpaired) electrons. The van der Waals surface area contributed by atoms with Gasteiger partial charge >= 0.3 is 5.97 Å². The van der Waals surface area contributed by atoms with Gasteiger partial charge in [0.25, 0.3) is 0 Å². The van der Waals surface area contributed by atoms with Gasteiger partial charge < -0.3 is 31.9 Å². The summed E-state index contributed by atoms with van der Waals surface area (Å²) in [7, 11) is 0. The Hall–Kier alpha value is -3.76. The third-order valence-electron chi connectivity index (χ3n) is 5.88. The molecule has 2 rings (SSSR count). The number of carboxylic acids is 1. The van der Waals surface area contributed by atoms with Crippen molar-refractivity contribution in [3.8, 4) is 0 Å². The summed E-state index contributed by atoms with van der Waals surface area (Å²) >= 11 is 0. The van der Waals surface area contributed by atoms with Crippen molar-refractivity contribution in [3.63, 3.8) is 0 Å². The smallest absolute Gasteiger partial charge is 0.326 e. The topological polar surface area (TPSA) is 171 Å². The zero-order valence-corrected chi connectivity index (χ0v) is 21.3. The molecule has 0 heterocycles. The number of hydrogen-bond donors (Lipinski definition) is 6. The zero-order valence-electron chi connectivity index (χ0n) is 21.3. The Kier molecular flexibility index (Phi) is 11.2. The quantitative estimate of drug-likeness (QED) is 0.225. The molecule has 37 heavy (non-hydrogen) atoms. The zero-order chi connectivity index (χ0) is 27.5. The molecule has 0 bridgehead atoms. The number of aliphatic carboxylic acids is 1. The van der Waals surface area contributed by atoms with Crippen molar-refractivity contribution in [2.45, 2.75) is 63.9 Å².